The largest absolute Gasteiger partial charge is 0.462 e. The van der Waals surface area contributed by atoms with E-state index in [9.17, 15) is 14.4 Å². The summed E-state index contributed by atoms with van der Waals surface area (Å²) >= 11 is 0. The highest BCUT2D eigenvalue weighted by Crippen LogP contribution is 2.42. The molecule has 1 aliphatic carbocycles. The smallest absolute Gasteiger partial charge is 0.303 e. The topological polar surface area (TPSA) is 116 Å². The van der Waals surface area contributed by atoms with E-state index < -0.39 is 54.6 Å². The molecule has 1 unspecified atom stereocenters. The first-order chi connectivity index (χ1) is 14.2. The van der Waals surface area contributed by atoms with Gasteiger partial charge in [0.2, 0.25) is 0 Å². The molecule has 0 amide bonds. The number of carbonyl (C=O) groups is 3. The Kier molecular flexibility index (Phi) is 7.33. The van der Waals surface area contributed by atoms with Gasteiger partial charge >= 0.3 is 17.9 Å². The zero-order valence-electron chi connectivity index (χ0n) is 17.8. The van der Waals surface area contributed by atoms with Crippen molar-refractivity contribution in [1.29, 1.82) is 0 Å². The molecule has 6 atom stereocenters. The van der Waals surface area contributed by atoms with Crippen LogP contribution in [0.4, 0.5) is 0 Å². The van der Waals surface area contributed by atoms with Gasteiger partial charge in [0, 0.05) is 27.7 Å². The second-order valence-electron chi connectivity index (χ2n) is 7.93. The highest BCUT2D eigenvalue weighted by molar-refractivity contribution is 5.67. The Labute approximate surface area is 175 Å². The van der Waals surface area contributed by atoms with Crippen LogP contribution in [-0.2, 0) is 47.5 Å². The molecule has 170 valence electrons. The van der Waals surface area contributed by atoms with Crippen molar-refractivity contribution >= 4 is 17.9 Å². The molecule has 10 heteroatoms. The van der Waals surface area contributed by atoms with E-state index in [2.05, 4.69) is 0 Å². The second-order valence-corrected chi connectivity index (χ2v) is 7.93. The van der Waals surface area contributed by atoms with Crippen LogP contribution in [0.25, 0.3) is 0 Å². The van der Waals surface area contributed by atoms with E-state index >= 15 is 0 Å². The van der Waals surface area contributed by atoms with Gasteiger partial charge in [-0.25, -0.2) is 0 Å². The fourth-order valence-electron chi connectivity index (χ4n) is 4.13. The van der Waals surface area contributed by atoms with Crippen molar-refractivity contribution in [3.63, 3.8) is 0 Å². The highest BCUT2D eigenvalue weighted by Gasteiger charge is 2.61. The molecule has 0 spiro atoms. The fourth-order valence-corrected chi connectivity index (χ4v) is 4.13. The first kappa shape index (κ1) is 22.9. The van der Waals surface area contributed by atoms with Crippen LogP contribution in [0.1, 0.15) is 59.8 Å². The van der Waals surface area contributed by atoms with E-state index in [0.717, 1.165) is 25.7 Å². The maximum Gasteiger partial charge on any atom is 0.303 e. The monoisotopic (exact) mass is 430 g/mol. The van der Waals surface area contributed by atoms with E-state index in [4.69, 9.17) is 33.2 Å². The molecule has 10 nitrogen and oxygen atoms in total. The van der Waals surface area contributed by atoms with E-state index in [1.54, 1.807) is 6.92 Å². The Morgan fingerprint density at radius 1 is 1.00 bits per heavy atom. The predicted molar refractivity (Wildman–Crippen MR) is 98.7 cm³/mol. The summed E-state index contributed by atoms with van der Waals surface area (Å²) in [5.41, 5.74) is 0. The minimum atomic E-state index is -1.34. The quantitative estimate of drug-likeness (QED) is 0.435. The zero-order valence-corrected chi connectivity index (χ0v) is 17.8. The Morgan fingerprint density at radius 2 is 1.70 bits per heavy atom. The lowest BCUT2D eigenvalue weighted by Gasteiger charge is -2.33. The molecule has 0 radical (unpaired) electrons. The number of hydrogen-bond donors (Lipinski definition) is 0. The van der Waals surface area contributed by atoms with Crippen LogP contribution in [-0.4, -0.2) is 67.3 Å². The molecular weight excluding hydrogens is 400 g/mol. The predicted octanol–water partition coefficient (Wildman–Crippen LogP) is 1.58. The fraction of sp³-hybridized carbons (Fsp3) is 0.850. The summed E-state index contributed by atoms with van der Waals surface area (Å²) in [5, 5.41) is 0. The minimum Gasteiger partial charge on any atom is -0.462 e. The summed E-state index contributed by atoms with van der Waals surface area (Å²) in [6.07, 6.45) is 0.647. The summed E-state index contributed by atoms with van der Waals surface area (Å²) < 4.78 is 39.5. The SMILES string of the molecule is CC(=O)OC[C@@H](OC(C)=O)[C@@H]1O[C@@H]2OC(C)(OC3CCCCC3)O[C@@H]2[C@H]1OC(C)=O. The summed E-state index contributed by atoms with van der Waals surface area (Å²) in [7, 11) is 0. The highest BCUT2D eigenvalue weighted by atomic mass is 16.9. The van der Waals surface area contributed by atoms with Crippen molar-refractivity contribution < 1.29 is 47.5 Å². The number of carbonyl (C=O) groups excluding carboxylic acids is 3. The van der Waals surface area contributed by atoms with E-state index in [1.807, 2.05) is 0 Å². The molecule has 1 saturated carbocycles. The van der Waals surface area contributed by atoms with Crippen LogP contribution in [0.15, 0.2) is 0 Å². The van der Waals surface area contributed by atoms with Gasteiger partial charge in [-0.3, -0.25) is 19.1 Å². The molecule has 3 fully saturated rings. The minimum absolute atomic E-state index is 0.0170. The van der Waals surface area contributed by atoms with E-state index in [1.165, 1.54) is 27.2 Å². The molecule has 2 aliphatic heterocycles. The van der Waals surface area contributed by atoms with Crippen molar-refractivity contribution in [2.24, 2.45) is 0 Å². The van der Waals surface area contributed by atoms with Crippen LogP contribution in [0, 0.1) is 0 Å². The molecular formula is C20H30O10. The maximum atomic E-state index is 11.7. The lowest BCUT2D eigenvalue weighted by molar-refractivity contribution is -0.371. The average Bonchev–Trinajstić information content (AvgIpc) is 3.12. The first-order valence-electron chi connectivity index (χ1n) is 10.3. The molecule has 30 heavy (non-hydrogen) atoms. The number of ether oxygens (including phenoxy) is 7. The standard InChI is InChI=1S/C20H30O10/c1-11(21)24-10-15(25-12(2)22)16-17(26-13(3)23)18-19(27-16)30-20(4,29-18)28-14-8-6-5-7-9-14/h14-19H,5-10H2,1-4H3/t15-,16+,17+,18-,19-,20?/m1/s1. The van der Waals surface area contributed by atoms with Gasteiger partial charge in [-0.1, -0.05) is 19.3 Å². The number of fused-ring (bicyclic) bond motifs is 1. The maximum absolute atomic E-state index is 11.7. The van der Waals surface area contributed by atoms with Crippen molar-refractivity contribution in [1.82, 2.24) is 0 Å². The van der Waals surface area contributed by atoms with Crippen molar-refractivity contribution in [3.05, 3.63) is 0 Å². The Bertz CT molecular complexity index is 645. The molecule has 0 bridgehead atoms. The van der Waals surface area contributed by atoms with Crippen molar-refractivity contribution in [2.45, 2.75) is 103 Å². The summed E-state index contributed by atoms with van der Waals surface area (Å²) in [6, 6.07) is 0. The molecule has 0 N–H and O–H groups in total. The van der Waals surface area contributed by atoms with Gasteiger partial charge in [-0.05, 0) is 12.8 Å². The number of hydrogen-bond acceptors (Lipinski definition) is 10. The summed E-state index contributed by atoms with van der Waals surface area (Å²) in [6.45, 7) is 5.11. The lowest BCUT2D eigenvalue weighted by atomic mass is 9.98. The summed E-state index contributed by atoms with van der Waals surface area (Å²) in [5.74, 6) is -3.04. The van der Waals surface area contributed by atoms with E-state index in [0.29, 0.717) is 0 Å². The molecule has 3 rings (SSSR count). The molecule has 2 saturated heterocycles. The Morgan fingerprint density at radius 3 is 2.30 bits per heavy atom. The van der Waals surface area contributed by atoms with Gasteiger partial charge in [0.25, 0.3) is 5.97 Å². The van der Waals surface area contributed by atoms with Gasteiger partial charge in [-0.2, -0.15) is 0 Å². The number of rotatable bonds is 7. The van der Waals surface area contributed by atoms with E-state index in [-0.39, 0.29) is 12.7 Å². The lowest BCUT2D eigenvalue weighted by Crippen LogP contribution is -2.48. The first-order valence-corrected chi connectivity index (χ1v) is 10.3. The van der Waals surface area contributed by atoms with Crippen LogP contribution in [0.5, 0.6) is 0 Å². The second kappa shape index (κ2) is 9.59. The normalized spacial score (nSPS) is 34.8. The third-order valence-electron chi connectivity index (χ3n) is 5.26. The van der Waals surface area contributed by atoms with Crippen LogP contribution in [0.2, 0.25) is 0 Å². The Balaban J connectivity index is 1.72. The molecule has 0 aromatic heterocycles. The third kappa shape index (κ3) is 5.69. The molecule has 2 heterocycles. The van der Waals surface area contributed by atoms with Gasteiger partial charge in [-0.15, -0.1) is 0 Å². The molecule has 3 aliphatic rings. The van der Waals surface area contributed by atoms with Crippen LogP contribution in [0.3, 0.4) is 0 Å². The van der Waals surface area contributed by atoms with Crippen molar-refractivity contribution in [2.75, 3.05) is 6.61 Å². The van der Waals surface area contributed by atoms with Crippen LogP contribution >= 0.6 is 0 Å². The van der Waals surface area contributed by atoms with Gasteiger partial charge in [0.05, 0.1) is 6.10 Å². The summed E-state index contributed by atoms with van der Waals surface area (Å²) in [4.78, 5) is 34.5. The average molecular weight is 430 g/mol. The van der Waals surface area contributed by atoms with Gasteiger partial charge in [0.15, 0.2) is 24.6 Å². The number of esters is 3. The molecule has 0 aromatic carbocycles. The third-order valence-corrected chi connectivity index (χ3v) is 5.26. The van der Waals surface area contributed by atoms with Gasteiger partial charge in [0.1, 0.15) is 12.7 Å². The molecule has 0 aromatic rings. The van der Waals surface area contributed by atoms with Crippen LogP contribution < -0.4 is 0 Å². The van der Waals surface area contributed by atoms with Crippen molar-refractivity contribution in [3.8, 4) is 0 Å². The Hall–Kier alpha value is -1.75. The van der Waals surface area contributed by atoms with Gasteiger partial charge < -0.3 is 28.4 Å². The zero-order chi connectivity index (χ0) is 21.9.